The summed E-state index contributed by atoms with van der Waals surface area (Å²) in [4.78, 5) is 35.2. The van der Waals surface area contributed by atoms with E-state index in [1.165, 1.54) is 17.3 Å². The third kappa shape index (κ3) is 2.95. The Balaban J connectivity index is 1.94. The van der Waals surface area contributed by atoms with Crippen molar-refractivity contribution in [3.8, 4) is 0 Å². The molecular weight excluding hydrogens is 354 g/mol. The number of aliphatic hydroxyl groups is 1. The van der Waals surface area contributed by atoms with Crippen LogP contribution in [-0.2, 0) is 9.59 Å². The highest BCUT2D eigenvalue weighted by atomic mass is 16.3. The fourth-order valence-electron chi connectivity index (χ4n) is 3.27. The molecule has 1 atom stereocenters. The predicted octanol–water partition coefficient (Wildman–Crippen LogP) is 3.41. The lowest BCUT2D eigenvalue weighted by molar-refractivity contribution is -0.132. The Labute approximate surface area is 161 Å². The second kappa shape index (κ2) is 7.08. The first kappa shape index (κ1) is 17.6. The molecule has 1 aliphatic rings. The van der Waals surface area contributed by atoms with Crippen molar-refractivity contribution in [3.63, 3.8) is 0 Å². The number of carbonyl (C=O) groups is 2. The largest absolute Gasteiger partial charge is 0.507 e. The van der Waals surface area contributed by atoms with E-state index in [1.807, 2.05) is 37.3 Å². The minimum absolute atomic E-state index is 0.0208. The summed E-state index contributed by atoms with van der Waals surface area (Å²) in [5.41, 5.74) is 2.20. The molecule has 1 N–H and O–H groups in total. The molecule has 0 aliphatic carbocycles. The molecule has 28 heavy (non-hydrogen) atoms. The van der Waals surface area contributed by atoms with Crippen molar-refractivity contribution in [2.24, 2.45) is 0 Å². The van der Waals surface area contributed by atoms with E-state index in [1.54, 1.807) is 30.3 Å². The first-order chi connectivity index (χ1) is 13.6. The summed E-state index contributed by atoms with van der Waals surface area (Å²) < 4.78 is 0. The van der Waals surface area contributed by atoms with Crippen LogP contribution in [0.1, 0.15) is 22.7 Å². The third-order valence-electron chi connectivity index (χ3n) is 4.65. The molecule has 2 aromatic carbocycles. The number of hydrogen-bond donors (Lipinski definition) is 1. The van der Waals surface area contributed by atoms with Gasteiger partial charge in [-0.15, -0.1) is 0 Å². The number of carbonyl (C=O) groups excluding carboxylic acids is 2. The number of ketones is 1. The van der Waals surface area contributed by atoms with Crippen LogP contribution >= 0.6 is 0 Å². The van der Waals surface area contributed by atoms with Crippen molar-refractivity contribution in [3.05, 3.63) is 95.3 Å². The molecule has 2 heterocycles. The Kier molecular flexibility index (Phi) is 4.45. The van der Waals surface area contributed by atoms with E-state index in [0.717, 1.165) is 5.56 Å². The summed E-state index contributed by atoms with van der Waals surface area (Å²) in [6.45, 7) is 1.93. The maximum atomic E-state index is 12.9. The van der Waals surface area contributed by atoms with Gasteiger partial charge in [0, 0.05) is 18.0 Å². The monoisotopic (exact) mass is 371 g/mol. The van der Waals surface area contributed by atoms with Gasteiger partial charge in [0.1, 0.15) is 5.76 Å². The second-order valence-electron chi connectivity index (χ2n) is 6.49. The minimum atomic E-state index is -0.815. The molecule has 3 aromatic rings. The topological polar surface area (TPSA) is 83.4 Å². The molecule has 1 unspecified atom stereocenters. The summed E-state index contributed by atoms with van der Waals surface area (Å²) in [6.07, 6.45) is 3.01. The van der Waals surface area contributed by atoms with Gasteiger partial charge in [0.15, 0.2) is 0 Å². The van der Waals surface area contributed by atoms with Crippen LogP contribution in [0.4, 0.5) is 5.95 Å². The molecule has 138 valence electrons. The SMILES string of the molecule is Cc1ccc(C(O)=C2C(=O)C(=O)N(c3ncccn3)C2c2ccccc2)cc1. The van der Waals surface area contributed by atoms with Crippen molar-refractivity contribution in [1.82, 2.24) is 9.97 Å². The number of Topliss-reactive ketones (excluding diaryl/α,β-unsaturated/α-hetero) is 1. The quantitative estimate of drug-likeness (QED) is 0.433. The van der Waals surface area contributed by atoms with Gasteiger partial charge in [0.25, 0.3) is 5.78 Å². The lowest BCUT2D eigenvalue weighted by Gasteiger charge is -2.23. The molecule has 1 aliphatic heterocycles. The number of aromatic nitrogens is 2. The van der Waals surface area contributed by atoms with Crippen molar-refractivity contribution in [2.45, 2.75) is 13.0 Å². The number of anilines is 1. The molecule has 1 fully saturated rings. The van der Waals surface area contributed by atoms with E-state index in [-0.39, 0.29) is 17.3 Å². The van der Waals surface area contributed by atoms with Gasteiger partial charge in [-0.1, -0.05) is 60.2 Å². The van der Waals surface area contributed by atoms with Gasteiger partial charge in [0.05, 0.1) is 11.6 Å². The first-order valence-corrected chi connectivity index (χ1v) is 8.78. The molecule has 4 rings (SSSR count). The number of hydrogen-bond acceptors (Lipinski definition) is 5. The Morgan fingerprint density at radius 3 is 2.21 bits per heavy atom. The van der Waals surface area contributed by atoms with E-state index in [9.17, 15) is 14.7 Å². The van der Waals surface area contributed by atoms with E-state index >= 15 is 0 Å². The summed E-state index contributed by atoms with van der Waals surface area (Å²) >= 11 is 0. The third-order valence-corrected chi connectivity index (χ3v) is 4.65. The zero-order valence-corrected chi connectivity index (χ0v) is 15.1. The average Bonchev–Trinajstić information content (AvgIpc) is 3.00. The van der Waals surface area contributed by atoms with E-state index in [0.29, 0.717) is 11.1 Å². The predicted molar refractivity (Wildman–Crippen MR) is 104 cm³/mol. The maximum absolute atomic E-state index is 12.9. The number of aryl methyl sites for hydroxylation is 1. The highest BCUT2D eigenvalue weighted by molar-refractivity contribution is 6.51. The van der Waals surface area contributed by atoms with Gasteiger partial charge < -0.3 is 5.11 Å². The Morgan fingerprint density at radius 1 is 0.929 bits per heavy atom. The normalized spacial score (nSPS) is 18.5. The number of benzene rings is 2. The Morgan fingerprint density at radius 2 is 1.57 bits per heavy atom. The van der Waals surface area contributed by atoms with Gasteiger partial charge >= 0.3 is 5.91 Å². The van der Waals surface area contributed by atoms with Crippen LogP contribution < -0.4 is 4.90 Å². The van der Waals surface area contributed by atoms with Crippen LogP contribution in [0.5, 0.6) is 0 Å². The van der Waals surface area contributed by atoms with E-state index in [2.05, 4.69) is 9.97 Å². The molecule has 6 heteroatoms. The first-order valence-electron chi connectivity index (χ1n) is 8.78. The highest BCUT2D eigenvalue weighted by Crippen LogP contribution is 2.40. The molecule has 1 saturated heterocycles. The van der Waals surface area contributed by atoms with Crippen LogP contribution in [0, 0.1) is 6.92 Å². The summed E-state index contributed by atoms with van der Waals surface area (Å²) in [6, 6.07) is 17.0. The molecular formula is C22H17N3O3. The van der Waals surface area contributed by atoms with Crippen molar-refractivity contribution < 1.29 is 14.7 Å². The Hall–Kier alpha value is -3.80. The fourth-order valence-corrected chi connectivity index (χ4v) is 3.27. The van der Waals surface area contributed by atoms with Gasteiger partial charge in [-0.05, 0) is 18.6 Å². The lowest BCUT2D eigenvalue weighted by Crippen LogP contribution is -2.31. The molecule has 0 spiro atoms. The van der Waals surface area contributed by atoms with E-state index in [4.69, 9.17) is 0 Å². The standard InChI is InChI=1S/C22H17N3O3/c1-14-8-10-16(11-9-14)19(26)17-18(15-6-3-2-4-7-15)25(21(28)20(17)27)22-23-12-5-13-24-22/h2-13,18,26H,1H3. The van der Waals surface area contributed by atoms with Crippen molar-refractivity contribution in [1.29, 1.82) is 0 Å². The van der Waals surface area contributed by atoms with Gasteiger partial charge in [-0.3, -0.25) is 14.5 Å². The number of rotatable bonds is 3. The van der Waals surface area contributed by atoms with Gasteiger partial charge in [-0.2, -0.15) is 0 Å². The van der Waals surface area contributed by atoms with Gasteiger partial charge in [-0.25, -0.2) is 9.97 Å². The number of aliphatic hydroxyl groups excluding tert-OH is 1. The summed E-state index contributed by atoms with van der Waals surface area (Å²) in [5, 5.41) is 10.9. The van der Waals surface area contributed by atoms with E-state index < -0.39 is 17.7 Å². The molecule has 0 bridgehead atoms. The molecule has 6 nitrogen and oxygen atoms in total. The lowest BCUT2D eigenvalue weighted by atomic mass is 9.95. The van der Waals surface area contributed by atoms with Crippen LogP contribution in [0.3, 0.4) is 0 Å². The van der Waals surface area contributed by atoms with Gasteiger partial charge in [0.2, 0.25) is 5.95 Å². The molecule has 1 aromatic heterocycles. The second-order valence-corrected chi connectivity index (χ2v) is 6.49. The van der Waals surface area contributed by atoms with Crippen molar-refractivity contribution in [2.75, 3.05) is 4.90 Å². The highest BCUT2D eigenvalue weighted by Gasteiger charge is 2.48. The van der Waals surface area contributed by atoms with Crippen LogP contribution in [-0.4, -0.2) is 26.8 Å². The zero-order valence-electron chi connectivity index (χ0n) is 15.1. The Bertz CT molecular complexity index is 1060. The summed E-state index contributed by atoms with van der Waals surface area (Å²) in [7, 11) is 0. The maximum Gasteiger partial charge on any atom is 0.302 e. The number of nitrogens with zero attached hydrogens (tertiary/aromatic N) is 3. The number of amides is 1. The molecule has 0 radical (unpaired) electrons. The molecule has 0 saturated carbocycles. The molecule has 1 amide bonds. The van der Waals surface area contributed by atoms with Crippen LogP contribution in [0.2, 0.25) is 0 Å². The smallest absolute Gasteiger partial charge is 0.302 e. The zero-order chi connectivity index (χ0) is 19.7. The van der Waals surface area contributed by atoms with Crippen LogP contribution in [0.15, 0.2) is 78.6 Å². The fraction of sp³-hybridized carbons (Fsp3) is 0.0909. The average molecular weight is 371 g/mol. The van der Waals surface area contributed by atoms with Crippen LogP contribution in [0.25, 0.3) is 5.76 Å². The summed E-state index contributed by atoms with van der Waals surface area (Å²) in [5.74, 6) is -1.64. The minimum Gasteiger partial charge on any atom is -0.507 e. The van der Waals surface area contributed by atoms with Crippen molar-refractivity contribution >= 4 is 23.4 Å².